The number of halogens is 2. The normalized spacial score (nSPS) is 17.1. The van der Waals surface area contributed by atoms with Gasteiger partial charge in [0.15, 0.2) is 0 Å². The van der Waals surface area contributed by atoms with Gasteiger partial charge in [-0.15, -0.1) is 0 Å². The highest BCUT2D eigenvalue weighted by Gasteiger charge is 2.29. The minimum atomic E-state index is -1.75. The Bertz CT molecular complexity index is 1200. The van der Waals surface area contributed by atoms with Crippen molar-refractivity contribution < 1.29 is 32.1 Å². The maximum absolute atomic E-state index is 12.0. The Balaban J connectivity index is 0.000000590. The number of anilines is 1. The van der Waals surface area contributed by atoms with E-state index in [1.54, 1.807) is 19.4 Å². The molecule has 3 unspecified atom stereocenters. The van der Waals surface area contributed by atoms with Gasteiger partial charge in [0.1, 0.15) is 24.1 Å². The molecule has 0 bridgehead atoms. The first-order valence-corrected chi connectivity index (χ1v) is 13.4. The third-order valence-corrected chi connectivity index (χ3v) is 6.51. The zero-order valence-electron chi connectivity index (χ0n) is 22.2. The van der Waals surface area contributed by atoms with Crippen molar-refractivity contribution in [1.82, 2.24) is 14.6 Å². The van der Waals surface area contributed by atoms with Gasteiger partial charge in [0.05, 0.1) is 25.4 Å². The minimum absolute atomic E-state index is 0.111. The van der Waals surface area contributed by atoms with Gasteiger partial charge in [0, 0.05) is 13.3 Å². The first kappa shape index (κ1) is 32.2. The first-order chi connectivity index (χ1) is 18.8. The van der Waals surface area contributed by atoms with Crippen LogP contribution in [-0.4, -0.2) is 55.2 Å². The van der Waals surface area contributed by atoms with Crippen molar-refractivity contribution in [2.75, 3.05) is 32.9 Å². The average Bonchev–Trinajstić information content (AvgIpc) is 3.39. The largest absolute Gasteiger partial charge is 0.436 e. The van der Waals surface area contributed by atoms with Gasteiger partial charge in [0.2, 0.25) is 6.93 Å². The zero-order valence-corrected chi connectivity index (χ0v) is 23.1. The molecule has 3 aromatic rings. The molecule has 0 spiro atoms. The lowest BCUT2D eigenvalue weighted by atomic mass is 10.1. The number of alkyl halides is 2. The summed E-state index contributed by atoms with van der Waals surface area (Å²) >= 11 is 0. The van der Waals surface area contributed by atoms with Crippen molar-refractivity contribution >= 4 is 31.4 Å². The van der Waals surface area contributed by atoms with Gasteiger partial charge < -0.3 is 29.0 Å². The highest BCUT2D eigenvalue weighted by atomic mass is 31.2. The lowest BCUT2D eigenvalue weighted by Crippen LogP contribution is -2.28. The van der Waals surface area contributed by atoms with Crippen LogP contribution in [0.2, 0.25) is 0 Å². The van der Waals surface area contributed by atoms with E-state index in [4.69, 9.17) is 24.3 Å². The molecule has 10 nitrogen and oxygen atoms in total. The van der Waals surface area contributed by atoms with Gasteiger partial charge in [0.25, 0.3) is 0 Å². The van der Waals surface area contributed by atoms with E-state index in [1.807, 2.05) is 56.3 Å². The Morgan fingerprint density at radius 1 is 1.21 bits per heavy atom. The molecular weight excluding hydrogens is 533 g/mol. The van der Waals surface area contributed by atoms with Crippen LogP contribution >= 0.6 is 8.53 Å². The summed E-state index contributed by atoms with van der Waals surface area (Å²) in [4.78, 5) is 26.6. The SMILES string of the molecule is COC(C)C.FCF.Nc1ccn(C2CCC(COP(NCC=O)Oc3ccc4ccccc4c3)O2)c(=O)n1. The number of aldehydes is 1. The van der Waals surface area contributed by atoms with Crippen LogP contribution in [-0.2, 0) is 18.8 Å². The number of hydrogen-bond acceptors (Lipinski definition) is 9. The highest BCUT2D eigenvalue weighted by Crippen LogP contribution is 2.38. The number of nitrogen functional groups attached to an aromatic ring is 1. The molecule has 0 aliphatic carbocycles. The summed E-state index contributed by atoms with van der Waals surface area (Å²) in [5, 5.41) is 5.13. The summed E-state index contributed by atoms with van der Waals surface area (Å²) in [7, 11) is 0.147. The van der Waals surface area contributed by atoms with E-state index in [1.165, 1.54) is 4.57 Å². The molecule has 214 valence electrons. The van der Waals surface area contributed by atoms with Crippen LogP contribution in [0, 0.1) is 0 Å². The predicted molar refractivity (Wildman–Crippen MR) is 147 cm³/mol. The smallest absolute Gasteiger partial charge is 0.351 e. The maximum Gasteiger partial charge on any atom is 0.351 e. The number of nitrogens with one attached hydrogen (secondary N) is 1. The van der Waals surface area contributed by atoms with Gasteiger partial charge in [-0.05, 0) is 55.7 Å². The molecule has 2 aromatic carbocycles. The highest BCUT2D eigenvalue weighted by molar-refractivity contribution is 7.45. The number of nitrogens with two attached hydrogens (primary N) is 1. The second kappa shape index (κ2) is 17.5. The van der Waals surface area contributed by atoms with Gasteiger partial charge in [-0.3, -0.25) is 4.57 Å². The van der Waals surface area contributed by atoms with Crippen LogP contribution in [0.4, 0.5) is 14.6 Å². The van der Waals surface area contributed by atoms with Crippen molar-refractivity contribution in [1.29, 1.82) is 0 Å². The third kappa shape index (κ3) is 11.3. The van der Waals surface area contributed by atoms with Crippen molar-refractivity contribution in [3.05, 3.63) is 65.2 Å². The van der Waals surface area contributed by atoms with E-state index < -0.39 is 27.4 Å². The number of carbonyl (C=O) groups is 1. The quantitative estimate of drug-likeness (QED) is 0.265. The van der Waals surface area contributed by atoms with Crippen molar-refractivity contribution in [3.8, 4) is 5.75 Å². The molecule has 13 heteroatoms. The molecule has 4 rings (SSSR count). The van der Waals surface area contributed by atoms with Gasteiger partial charge in [-0.2, -0.15) is 4.98 Å². The number of ether oxygens (including phenoxy) is 2. The first-order valence-electron chi connectivity index (χ1n) is 12.2. The molecular formula is C26H35F2N4O6P. The van der Waals surface area contributed by atoms with E-state index in [2.05, 4.69) is 10.1 Å². The number of hydrogen-bond donors (Lipinski definition) is 2. The van der Waals surface area contributed by atoms with E-state index in [-0.39, 0.29) is 25.1 Å². The Hall–Kier alpha value is -3.02. The molecule has 1 aliphatic rings. The van der Waals surface area contributed by atoms with Crippen LogP contribution in [0.1, 0.15) is 32.9 Å². The summed E-state index contributed by atoms with van der Waals surface area (Å²) < 4.78 is 43.2. The van der Waals surface area contributed by atoms with Crippen LogP contribution in [0.5, 0.6) is 5.75 Å². The summed E-state index contributed by atoms with van der Waals surface area (Å²) in [6, 6.07) is 15.3. The van der Waals surface area contributed by atoms with Crippen LogP contribution in [0.15, 0.2) is 59.5 Å². The van der Waals surface area contributed by atoms with Crippen LogP contribution in [0.3, 0.4) is 0 Å². The Kier molecular flexibility index (Phi) is 14.5. The second-order valence-corrected chi connectivity index (χ2v) is 9.67. The lowest BCUT2D eigenvalue weighted by Gasteiger charge is -2.20. The Morgan fingerprint density at radius 2 is 1.90 bits per heavy atom. The number of carbonyl (C=O) groups excluding carboxylic acids is 1. The number of benzene rings is 2. The van der Waals surface area contributed by atoms with Crippen molar-refractivity contribution in [2.24, 2.45) is 0 Å². The second-order valence-electron chi connectivity index (χ2n) is 8.40. The fourth-order valence-corrected chi connectivity index (χ4v) is 4.38. The minimum Gasteiger partial charge on any atom is -0.436 e. The van der Waals surface area contributed by atoms with Crippen LogP contribution in [0.25, 0.3) is 10.8 Å². The Morgan fingerprint density at radius 3 is 2.54 bits per heavy atom. The lowest BCUT2D eigenvalue weighted by molar-refractivity contribution is -0.106. The van der Waals surface area contributed by atoms with Gasteiger partial charge in [-0.25, -0.2) is 18.7 Å². The summed E-state index contributed by atoms with van der Waals surface area (Å²) in [5.41, 5.74) is 5.10. The standard InChI is InChI=1S/C21H23N4O5P.C4H10O.CH2F2/c22-19-9-11-25(21(27)24-19)20-8-7-18(29-20)14-28-31(23-10-12-26)30-17-6-5-15-3-1-2-4-16(15)13-17;1-4(2)5-3;2-1-3/h1-6,9,11-13,18,20,23H,7-8,10,14H2,(H2,22,24,27);4H,1-3H3;1H2. The predicted octanol–water partition coefficient (Wildman–Crippen LogP) is 4.69. The molecule has 1 fully saturated rings. The monoisotopic (exact) mass is 568 g/mol. The molecule has 0 amide bonds. The number of rotatable bonds is 10. The zero-order chi connectivity index (χ0) is 28.6. The van der Waals surface area contributed by atoms with Crippen LogP contribution < -0.4 is 21.0 Å². The fourth-order valence-electron chi connectivity index (χ4n) is 3.35. The van der Waals surface area contributed by atoms with E-state index >= 15 is 0 Å². The molecule has 1 aromatic heterocycles. The number of nitrogens with zero attached hydrogens (tertiary/aromatic N) is 2. The molecule has 3 N–H and O–H groups in total. The fraction of sp³-hybridized carbons (Fsp3) is 0.423. The molecule has 1 aliphatic heterocycles. The maximum atomic E-state index is 12.0. The summed E-state index contributed by atoms with van der Waals surface area (Å²) in [5.74, 6) is 0.824. The Labute approximate surface area is 227 Å². The van der Waals surface area contributed by atoms with Gasteiger partial charge >= 0.3 is 14.2 Å². The molecule has 0 saturated carbocycles. The molecule has 39 heavy (non-hydrogen) atoms. The van der Waals surface area contributed by atoms with E-state index in [0.29, 0.717) is 24.7 Å². The van der Waals surface area contributed by atoms with E-state index in [9.17, 15) is 18.4 Å². The van der Waals surface area contributed by atoms with Crippen molar-refractivity contribution in [3.63, 3.8) is 0 Å². The summed E-state index contributed by atoms with van der Waals surface area (Å²) in [6.45, 7) is 2.62. The number of methoxy groups -OCH3 is 1. The average molecular weight is 569 g/mol. The third-order valence-electron chi connectivity index (χ3n) is 5.31. The van der Waals surface area contributed by atoms with Gasteiger partial charge in [-0.1, -0.05) is 30.3 Å². The number of aromatic nitrogens is 2. The van der Waals surface area contributed by atoms with Crippen molar-refractivity contribution in [2.45, 2.75) is 45.1 Å². The molecule has 1 saturated heterocycles. The molecule has 0 radical (unpaired) electrons. The van der Waals surface area contributed by atoms with E-state index in [0.717, 1.165) is 17.1 Å². The molecule has 2 heterocycles. The number of fused-ring (bicyclic) bond motifs is 1. The molecule has 3 atom stereocenters. The topological polar surface area (TPSA) is 127 Å². The summed E-state index contributed by atoms with van der Waals surface area (Å²) in [6.07, 6.45) is 3.47.